The topological polar surface area (TPSA) is 47.0 Å². The molecular weight excluding hydrogens is 238 g/mol. The zero-order valence-electron chi connectivity index (χ0n) is 12.3. The van der Waals surface area contributed by atoms with Gasteiger partial charge in [0.15, 0.2) is 0 Å². The summed E-state index contributed by atoms with van der Waals surface area (Å²) in [7, 11) is 2.02. The largest absolute Gasteiger partial charge is 0.378 e. The van der Waals surface area contributed by atoms with E-state index in [2.05, 4.69) is 21.6 Å². The number of ether oxygens (including phenoxy) is 1. The molecule has 0 radical (unpaired) electrons. The molecule has 1 aromatic rings. The molecule has 0 aromatic carbocycles. The Hall–Kier alpha value is -1.00. The predicted octanol–water partition coefficient (Wildman–Crippen LogP) is 2.70. The lowest BCUT2D eigenvalue weighted by atomic mass is 9.98. The molecule has 0 aliphatic carbocycles. The normalized spacial score (nSPS) is 20.7. The minimum Gasteiger partial charge on any atom is -0.378 e. The molecule has 1 aliphatic rings. The van der Waals surface area contributed by atoms with Crippen LogP contribution in [0.5, 0.6) is 0 Å². The number of rotatable bonds is 6. The maximum Gasteiger partial charge on any atom is 0.0648 e. The van der Waals surface area contributed by atoms with Crippen LogP contribution in [0.4, 0.5) is 0 Å². The zero-order chi connectivity index (χ0) is 13.7. The molecular formula is C15H25N3O. The van der Waals surface area contributed by atoms with Crippen molar-refractivity contribution in [2.75, 3.05) is 13.7 Å². The van der Waals surface area contributed by atoms with Crippen LogP contribution in [0.25, 0.3) is 0 Å². The standard InChI is InChI=1S/C15H25N3O/c1-11-10-14(12(2)18-17-11)15(16-3)8-4-6-13-7-5-9-19-13/h10,13,15-16H,4-9H2,1-3H3. The van der Waals surface area contributed by atoms with Gasteiger partial charge in [-0.3, -0.25) is 0 Å². The maximum absolute atomic E-state index is 5.67. The maximum atomic E-state index is 5.67. The highest BCUT2D eigenvalue weighted by Crippen LogP contribution is 2.24. The third-order valence-corrected chi connectivity index (χ3v) is 3.91. The van der Waals surface area contributed by atoms with Crippen molar-refractivity contribution in [3.8, 4) is 0 Å². The van der Waals surface area contributed by atoms with Crippen LogP contribution >= 0.6 is 0 Å². The number of hydrogen-bond acceptors (Lipinski definition) is 4. The molecule has 1 N–H and O–H groups in total. The summed E-state index contributed by atoms with van der Waals surface area (Å²) in [5.74, 6) is 0. The van der Waals surface area contributed by atoms with E-state index in [1.165, 1.54) is 31.2 Å². The first-order chi connectivity index (χ1) is 9.20. The number of nitrogens with zero attached hydrogens (tertiary/aromatic N) is 2. The van der Waals surface area contributed by atoms with Gasteiger partial charge in [-0.15, -0.1) is 0 Å². The van der Waals surface area contributed by atoms with E-state index >= 15 is 0 Å². The van der Waals surface area contributed by atoms with Crippen LogP contribution in [-0.2, 0) is 4.74 Å². The SMILES string of the molecule is CNC(CCCC1CCCO1)c1cc(C)nnc1C. The van der Waals surface area contributed by atoms with Gasteiger partial charge >= 0.3 is 0 Å². The van der Waals surface area contributed by atoms with E-state index in [9.17, 15) is 0 Å². The molecule has 2 unspecified atom stereocenters. The van der Waals surface area contributed by atoms with Crippen molar-refractivity contribution in [3.05, 3.63) is 23.0 Å². The molecule has 0 spiro atoms. The predicted molar refractivity (Wildman–Crippen MR) is 76.1 cm³/mol. The number of aromatic nitrogens is 2. The highest BCUT2D eigenvalue weighted by Gasteiger charge is 2.17. The van der Waals surface area contributed by atoms with Crippen molar-refractivity contribution >= 4 is 0 Å². The molecule has 0 amide bonds. The monoisotopic (exact) mass is 263 g/mol. The lowest BCUT2D eigenvalue weighted by Crippen LogP contribution is -2.19. The summed E-state index contributed by atoms with van der Waals surface area (Å²) < 4.78 is 5.67. The molecule has 2 atom stereocenters. The van der Waals surface area contributed by atoms with E-state index in [1.54, 1.807) is 0 Å². The highest BCUT2D eigenvalue weighted by atomic mass is 16.5. The molecule has 1 fully saturated rings. The second kappa shape index (κ2) is 6.96. The number of nitrogens with one attached hydrogen (secondary N) is 1. The molecule has 0 bridgehead atoms. The van der Waals surface area contributed by atoms with Crippen LogP contribution in [-0.4, -0.2) is 30.0 Å². The second-order valence-corrected chi connectivity index (χ2v) is 5.43. The Kier molecular flexibility index (Phi) is 5.28. The summed E-state index contributed by atoms with van der Waals surface area (Å²) in [5.41, 5.74) is 3.30. The molecule has 0 saturated carbocycles. The van der Waals surface area contributed by atoms with E-state index in [0.717, 1.165) is 24.4 Å². The van der Waals surface area contributed by atoms with E-state index in [4.69, 9.17) is 4.74 Å². The van der Waals surface area contributed by atoms with Crippen LogP contribution in [0.2, 0.25) is 0 Å². The fourth-order valence-corrected chi connectivity index (χ4v) is 2.80. The first-order valence-corrected chi connectivity index (χ1v) is 7.30. The van der Waals surface area contributed by atoms with E-state index < -0.39 is 0 Å². The summed E-state index contributed by atoms with van der Waals surface area (Å²) in [5, 5.41) is 11.7. The molecule has 19 heavy (non-hydrogen) atoms. The molecule has 4 nitrogen and oxygen atoms in total. The van der Waals surface area contributed by atoms with Gasteiger partial charge in [0.25, 0.3) is 0 Å². The fraction of sp³-hybridized carbons (Fsp3) is 0.733. The lowest BCUT2D eigenvalue weighted by Gasteiger charge is -2.19. The third kappa shape index (κ3) is 3.98. The number of hydrogen-bond donors (Lipinski definition) is 1. The molecule has 2 rings (SSSR count). The Morgan fingerprint density at radius 3 is 2.95 bits per heavy atom. The average Bonchev–Trinajstić information content (AvgIpc) is 2.91. The van der Waals surface area contributed by atoms with Crippen LogP contribution in [0.3, 0.4) is 0 Å². The second-order valence-electron chi connectivity index (χ2n) is 5.43. The van der Waals surface area contributed by atoms with Crippen molar-refractivity contribution in [3.63, 3.8) is 0 Å². The Balaban J connectivity index is 1.89. The minimum absolute atomic E-state index is 0.371. The molecule has 2 heterocycles. The van der Waals surface area contributed by atoms with Crippen molar-refractivity contribution in [1.29, 1.82) is 0 Å². The zero-order valence-corrected chi connectivity index (χ0v) is 12.3. The molecule has 106 valence electrons. The Bertz CT molecular complexity index is 402. The van der Waals surface area contributed by atoms with Gasteiger partial charge in [-0.05, 0) is 64.6 Å². The van der Waals surface area contributed by atoms with Crippen LogP contribution in [0.1, 0.15) is 55.1 Å². The quantitative estimate of drug-likeness (QED) is 0.857. The summed E-state index contributed by atoms with van der Waals surface area (Å²) in [6.45, 7) is 4.98. The van der Waals surface area contributed by atoms with Gasteiger partial charge in [-0.2, -0.15) is 10.2 Å². The van der Waals surface area contributed by atoms with Crippen LogP contribution in [0, 0.1) is 13.8 Å². The highest BCUT2D eigenvalue weighted by molar-refractivity contribution is 5.23. The Morgan fingerprint density at radius 2 is 2.26 bits per heavy atom. The fourth-order valence-electron chi connectivity index (χ4n) is 2.80. The molecule has 1 aliphatic heterocycles. The summed E-state index contributed by atoms with van der Waals surface area (Å²) in [6, 6.07) is 2.52. The van der Waals surface area contributed by atoms with Gasteiger partial charge in [-0.1, -0.05) is 0 Å². The summed E-state index contributed by atoms with van der Waals surface area (Å²) in [6.07, 6.45) is 6.45. The molecule has 4 heteroatoms. The van der Waals surface area contributed by atoms with Gasteiger partial charge in [0, 0.05) is 12.6 Å². The molecule has 1 saturated heterocycles. The van der Waals surface area contributed by atoms with E-state index in [1.807, 2.05) is 20.9 Å². The van der Waals surface area contributed by atoms with Crippen molar-refractivity contribution in [1.82, 2.24) is 15.5 Å². The van der Waals surface area contributed by atoms with E-state index in [-0.39, 0.29) is 0 Å². The Labute approximate surface area is 116 Å². The Morgan fingerprint density at radius 1 is 1.42 bits per heavy atom. The average molecular weight is 263 g/mol. The first kappa shape index (κ1) is 14.4. The van der Waals surface area contributed by atoms with Crippen molar-refractivity contribution in [2.45, 2.75) is 58.1 Å². The van der Waals surface area contributed by atoms with Crippen molar-refractivity contribution in [2.24, 2.45) is 0 Å². The van der Waals surface area contributed by atoms with Gasteiger partial charge in [0.2, 0.25) is 0 Å². The van der Waals surface area contributed by atoms with Gasteiger partial charge in [-0.25, -0.2) is 0 Å². The van der Waals surface area contributed by atoms with E-state index in [0.29, 0.717) is 12.1 Å². The van der Waals surface area contributed by atoms with Crippen molar-refractivity contribution < 1.29 is 4.74 Å². The lowest BCUT2D eigenvalue weighted by molar-refractivity contribution is 0.101. The summed E-state index contributed by atoms with van der Waals surface area (Å²) >= 11 is 0. The molecule has 1 aromatic heterocycles. The van der Waals surface area contributed by atoms with Gasteiger partial charge in [0.1, 0.15) is 0 Å². The van der Waals surface area contributed by atoms with Crippen LogP contribution < -0.4 is 5.32 Å². The first-order valence-electron chi connectivity index (χ1n) is 7.30. The third-order valence-electron chi connectivity index (χ3n) is 3.91. The summed E-state index contributed by atoms with van der Waals surface area (Å²) in [4.78, 5) is 0. The van der Waals surface area contributed by atoms with Gasteiger partial charge in [0.05, 0.1) is 17.5 Å². The van der Waals surface area contributed by atoms with Crippen LogP contribution in [0.15, 0.2) is 6.07 Å². The minimum atomic E-state index is 0.371. The van der Waals surface area contributed by atoms with Gasteiger partial charge < -0.3 is 10.1 Å². The number of aryl methyl sites for hydroxylation is 2. The smallest absolute Gasteiger partial charge is 0.0648 e.